The highest BCUT2D eigenvalue weighted by Crippen LogP contribution is 2.28. The molecule has 0 atom stereocenters. The molecule has 1 amide bonds. The van der Waals surface area contributed by atoms with Gasteiger partial charge in [-0.05, 0) is 18.2 Å². The van der Waals surface area contributed by atoms with Gasteiger partial charge in [0.2, 0.25) is 0 Å². The molecule has 6 nitrogen and oxygen atoms in total. The summed E-state index contributed by atoms with van der Waals surface area (Å²) < 4.78 is 0.986. The first-order valence-electron chi connectivity index (χ1n) is 8.12. The van der Waals surface area contributed by atoms with E-state index in [4.69, 9.17) is 5.73 Å². The van der Waals surface area contributed by atoms with Crippen molar-refractivity contribution in [1.82, 2.24) is 19.9 Å². The molecule has 0 unspecified atom stereocenters. The van der Waals surface area contributed by atoms with E-state index in [9.17, 15) is 4.79 Å². The molecule has 1 aliphatic heterocycles. The minimum atomic E-state index is -0.109. The molecule has 0 saturated carbocycles. The first-order valence-corrected chi connectivity index (χ1v) is 8.93. The number of carbonyl (C=O) groups is 1. The van der Waals surface area contributed by atoms with E-state index in [1.165, 1.54) is 11.3 Å². The number of hydrogen-bond donors (Lipinski definition) is 1. The first kappa shape index (κ1) is 16.0. The minimum absolute atomic E-state index is 0.0243. The quantitative estimate of drug-likeness (QED) is 0.726. The van der Waals surface area contributed by atoms with Crippen molar-refractivity contribution in [2.45, 2.75) is 39.3 Å². The van der Waals surface area contributed by atoms with Crippen LogP contribution in [-0.4, -0.2) is 25.8 Å². The molecule has 7 heteroatoms. The van der Waals surface area contributed by atoms with Crippen LogP contribution >= 0.6 is 11.3 Å². The van der Waals surface area contributed by atoms with Crippen LogP contribution in [0.3, 0.4) is 0 Å². The van der Waals surface area contributed by atoms with Crippen molar-refractivity contribution in [2.24, 2.45) is 0 Å². The van der Waals surface area contributed by atoms with E-state index >= 15 is 0 Å². The summed E-state index contributed by atoms with van der Waals surface area (Å²) in [7, 11) is 0. The maximum atomic E-state index is 12.9. The Morgan fingerprint density at radius 3 is 2.80 bits per heavy atom. The number of nitrogens with zero attached hydrogens (tertiary/aromatic N) is 4. The Morgan fingerprint density at radius 1 is 1.24 bits per heavy atom. The zero-order valence-corrected chi connectivity index (χ0v) is 15.2. The molecule has 0 bridgehead atoms. The zero-order valence-electron chi connectivity index (χ0n) is 14.4. The van der Waals surface area contributed by atoms with Gasteiger partial charge in [0.05, 0.1) is 22.5 Å². The second-order valence-corrected chi connectivity index (χ2v) is 8.37. The number of nitrogens with two attached hydrogens (primary N) is 1. The van der Waals surface area contributed by atoms with Gasteiger partial charge in [-0.2, -0.15) is 0 Å². The summed E-state index contributed by atoms with van der Waals surface area (Å²) in [5.41, 5.74) is 8.97. The van der Waals surface area contributed by atoms with Crippen LogP contribution in [0, 0.1) is 0 Å². The Morgan fingerprint density at radius 2 is 2.04 bits per heavy atom. The van der Waals surface area contributed by atoms with Crippen LogP contribution < -0.4 is 5.73 Å². The van der Waals surface area contributed by atoms with Crippen molar-refractivity contribution in [3.63, 3.8) is 0 Å². The van der Waals surface area contributed by atoms with Gasteiger partial charge in [0.15, 0.2) is 5.13 Å². The second kappa shape index (κ2) is 5.49. The molecular formula is C18H19N5OS. The van der Waals surface area contributed by atoms with Gasteiger partial charge < -0.3 is 10.6 Å². The fourth-order valence-corrected chi connectivity index (χ4v) is 3.63. The molecule has 1 aromatic carbocycles. The maximum absolute atomic E-state index is 12.9. The van der Waals surface area contributed by atoms with Gasteiger partial charge in [-0.15, -0.1) is 0 Å². The van der Waals surface area contributed by atoms with Gasteiger partial charge >= 0.3 is 0 Å². The van der Waals surface area contributed by atoms with Gasteiger partial charge in [0.1, 0.15) is 5.82 Å². The number of hydrogen-bond acceptors (Lipinski definition) is 6. The fraction of sp³-hybridized carbons (Fsp3) is 0.333. The summed E-state index contributed by atoms with van der Waals surface area (Å²) in [5.74, 6) is 0.781. The van der Waals surface area contributed by atoms with E-state index in [0.29, 0.717) is 23.8 Å². The highest BCUT2D eigenvalue weighted by molar-refractivity contribution is 7.22. The van der Waals surface area contributed by atoms with Crippen molar-refractivity contribution >= 4 is 32.6 Å². The van der Waals surface area contributed by atoms with Crippen molar-refractivity contribution in [1.29, 1.82) is 0 Å². The van der Waals surface area contributed by atoms with Gasteiger partial charge in [-0.3, -0.25) is 4.79 Å². The van der Waals surface area contributed by atoms with Crippen LogP contribution in [0.2, 0.25) is 0 Å². The van der Waals surface area contributed by atoms with Crippen molar-refractivity contribution in [3.8, 4) is 0 Å². The lowest BCUT2D eigenvalue weighted by Crippen LogP contribution is -2.25. The second-order valence-electron chi connectivity index (χ2n) is 7.31. The van der Waals surface area contributed by atoms with Gasteiger partial charge in [-0.1, -0.05) is 32.1 Å². The largest absolute Gasteiger partial charge is 0.375 e. The summed E-state index contributed by atoms with van der Waals surface area (Å²) in [6.07, 6.45) is 1.85. The first-order chi connectivity index (χ1) is 11.8. The number of fused-ring (bicyclic) bond motifs is 2. The highest BCUT2D eigenvalue weighted by Gasteiger charge is 2.28. The van der Waals surface area contributed by atoms with Crippen LogP contribution in [0.25, 0.3) is 10.2 Å². The van der Waals surface area contributed by atoms with E-state index in [2.05, 4.69) is 35.7 Å². The molecule has 3 aromatic rings. The average Bonchev–Trinajstić information content (AvgIpc) is 3.13. The van der Waals surface area contributed by atoms with E-state index in [1.54, 1.807) is 11.0 Å². The molecule has 4 rings (SSSR count). The number of carbonyl (C=O) groups excluding carboxylic acids is 1. The minimum Gasteiger partial charge on any atom is -0.375 e. The topological polar surface area (TPSA) is 85.0 Å². The average molecular weight is 353 g/mol. The van der Waals surface area contributed by atoms with E-state index in [0.717, 1.165) is 27.3 Å². The highest BCUT2D eigenvalue weighted by atomic mass is 32.1. The number of aromatic nitrogens is 3. The predicted molar refractivity (Wildman–Crippen MR) is 98.3 cm³/mol. The predicted octanol–water partition coefficient (Wildman–Crippen LogP) is 3.12. The summed E-state index contributed by atoms with van der Waals surface area (Å²) in [6.45, 7) is 7.30. The summed E-state index contributed by atoms with van der Waals surface area (Å²) >= 11 is 1.42. The maximum Gasteiger partial charge on any atom is 0.254 e. The van der Waals surface area contributed by atoms with Crippen molar-refractivity contribution < 1.29 is 4.79 Å². The van der Waals surface area contributed by atoms with Crippen LogP contribution in [0.15, 0.2) is 24.4 Å². The van der Waals surface area contributed by atoms with Gasteiger partial charge in [-0.25, -0.2) is 15.0 Å². The van der Waals surface area contributed by atoms with E-state index in [1.807, 2.05) is 18.3 Å². The van der Waals surface area contributed by atoms with E-state index in [-0.39, 0.29) is 11.3 Å². The SMILES string of the molecule is CC(C)(C)c1ncc2c(n1)CN(C(=O)c1ccc3sc(N)nc3c1)C2. The Balaban J connectivity index is 1.60. The normalized spacial score (nSPS) is 14.1. The Labute approximate surface area is 149 Å². The monoisotopic (exact) mass is 353 g/mol. The van der Waals surface area contributed by atoms with E-state index < -0.39 is 0 Å². The molecule has 0 saturated heterocycles. The smallest absolute Gasteiger partial charge is 0.254 e. The summed E-state index contributed by atoms with van der Waals surface area (Å²) in [5, 5.41) is 0.512. The molecule has 2 N–H and O–H groups in total. The Hall–Kier alpha value is -2.54. The molecule has 0 radical (unpaired) electrons. The molecule has 0 aliphatic carbocycles. The molecule has 25 heavy (non-hydrogen) atoms. The third-order valence-corrected chi connectivity index (χ3v) is 5.13. The van der Waals surface area contributed by atoms with Crippen LogP contribution in [0.4, 0.5) is 5.13 Å². The lowest BCUT2D eigenvalue weighted by atomic mass is 9.95. The van der Waals surface area contributed by atoms with Crippen LogP contribution in [0.5, 0.6) is 0 Å². The van der Waals surface area contributed by atoms with Gasteiger partial charge in [0, 0.05) is 29.3 Å². The summed E-state index contributed by atoms with van der Waals surface area (Å²) in [6, 6.07) is 5.54. The number of anilines is 1. The Bertz CT molecular complexity index is 989. The van der Waals surface area contributed by atoms with Crippen LogP contribution in [0.1, 0.15) is 48.2 Å². The molecular weight excluding hydrogens is 334 g/mol. The summed E-state index contributed by atoms with van der Waals surface area (Å²) in [4.78, 5) is 28.1. The molecule has 1 aliphatic rings. The fourth-order valence-electron chi connectivity index (χ4n) is 2.92. The van der Waals surface area contributed by atoms with Crippen molar-refractivity contribution in [2.75, 3.05) is 5.73 Å². The zero-order chi connectivity index (χ0) is 17.8. The Kier molecular flexibility index (Phi) is 3.50. The van der Waals surface area contributed by atoms with Gasteiger partial charge in [0.25, 0.3) is 5.91 Å². The van der Waals surface area contributed by atoms with Crippen molar-refractivity contribution in [3.05, 3.63) is 47.0 Å². The number of benzene rings is 1. The molecule has 128 valence electrons. The molecule has 0 spiro atoms. The number of rotatable bonds is 1. The van der Waals surface area contributed by atoms with Crippen LogP contribution in [-0.2, 0) is 18.5 Å². The standard InChI is InChI=1S/C18H19N5OS/c1-18(2,3)16-20-7-11-8-23(9-13(11)21-16)15(24)10-4-5-14-12(6-10)22-17(19)25-14/h4-7H,8-9H2,1-3H3,(H2,19,22). The third-order valence-electron chi connectivity index (χ3n) is 4.27. The molecule has 0 fully saturated rings. The lowest BCUT2D eigenvalue weighted by Gasteiger charge is -2.16. The lowest BCUT2D eigenvalue weighted by molar-refractivity contribution is 0.0750. The third kappa shape index (κ3) is 2.84. The number of amides is 1. The molecule has 2 aromatic heterocycles. The molecule has 3 heterocycles. The number of nitrogen functional groups attached to an aromatic ring is 1. The number of thiazole rings is 1.